The number of rotatable bonds is 9. The normalized spacial score (nSPS) is 25.3. The van der Waals surface area contributed by atoms with Gasteiger partial charge in [0, 0.05) is 27.6 Å². The van der Waals surface area contributed by atoms with Crippen molar-refractivity contribution in [1.29, 1.82) is 0 Å². The lowest BCUT2D eigenvalue weighted by Gasteiger charge is -2.34. The van der Waals surface area contributed by atoms with Crippen molar-refractivity contribution in [3.05, 3.63) is 58.9 Å². The molecule has 0 radical (unpaired) electrons. The van der Waals surface area contributed by atoms with E-state index in [0.717, 1.165) is 11.1 Å². The SMILES string of the molecule is C=C(OC1CCC(C)CCC(O)(NC(=O)O)C(OC)/C=C/C=C(\C)Cc2cc(OC)c(Cl)c(c2)N(C)C(=O)C1)[C@H](C)N(C)C(=O)CCS. The maximum absolute atomic E-state index is 13.8. The second kappa shape index (κ2) is 19.1. The van der Waals surface area contributed by atoms with Crippen LogP contribution in [0.4, 0.5) is 10.5 Å². The van der Waals surface area contributed by atoms with Crippen LogP contribution in [-0.2, 0) is 25.5 Å². The molecule has 1 aromatic rings. The Hall–Kier alpha value is -3.19. The minimum atomic E-state index is -1.89. The van der Waals surface area contributed by atoms with E-state index in [4.69, 9.17) is 25.8 Å². The number of benzene rings is 1. The Morgan fingerprint density at radius 2 is 1.96 bits per heavy atom. The molecule has 48 heavy (non-hydrogen) atoms. The van der Waals surface area contributed by atoms with Gasteiger partial charge in [-0.1, -0.05) is 48.9 Å². The fourth-order valence-electron chi connectivity index (χ4n) is 5.50. The summed E-state index contributed by atoms with van der Waals surface area (Å²) in [5.41, 5.74) is 0.372. The zero-order chi connectivity index (χ0) is 36.2. The predicted molar refractivity (Wildman–Crippen MR) is 192 cm³/mol. The molecule has 0 saturated carbocycles. The van der Waals surface area contributed by atoms with Gasteiger partial charge < -0.3 is 34.2 Å². The van der Waals surface area contributed by atoms with Gasteiger partial charge in [0.1, 0.15) is 28.7 Å². The van der Waals surface area contributed by atoms with Crippen LogP contribution >= 0.6 is 24.2 Å². The first-order chi connectivity index (χ1) is 22.6. The molecule has 1 aliphatic rings. The highest BCUT2D eigenvalue weighted by Crippen LogP contribution is 2.37. The zero-order valence-electron chi connectivity index (χ0n) is 29.1. The smallest absolute Gasteiger partial charge is 0.406 e. The van der Waals surface area contributed by atoms with E-state index in [0.29, 0.717) is 53.7 Å². The standard InChI is InChI=1S/C35H52ClN3O8S/c1-22-12-13-27(47-25(4)24(3)38(5)31(40)15-17-48)21-32(41)39(6)28-19-26(20-29(45-7)33(28)36)18-23(2)10-9-11-30(46-8)35(44,16-14-22)37-34(42)43/h9-11,19-20,22,24,27,30,37,44,48H,4,12-18,21H2,1-3,5-8H3,(H,42,43)/b11-9+,23-10+/t22?,24-,27?,30?,35?/m0/s1. The van der Waals surface area contributed by atoms with Crippen molar-refractivity contribution in [2.75, 3.05) is 39.0 Å². The summed E-state index contributed by atoms with van der Waals surface area (Å²) in [5, 5.41) is 23.6. The van der Waals surface area contributed by atoms with Gasteiger partial charge in [0.15, 0.2) is 5.72 Å². The van der Waals surface area contributed by atoms with Crippen molar-refractivity contribution in [2.24, 2.45) is 5.92 Å². The minimum absolute atomic E-state index is 0.00234. The highest BCUT2D eigenvalue weighted by Gasteiger charge is 2.37. The number of nitrogens with zero attached hydrogens (tertiary/aromatic N) is 2. The molecule has 0 spiro atoms. The maximum atomic E-state index is 13.8. The van der Waals surface area contributed by atoms with E-state index < -0.39 is 30.1 Å². The van der Waals surface area contributed by atoms with Gasteiger partial charge in [-0.3, -0.25) is 14.9 Å². The molecule has 0 aliphatic carbocycles. The third-order valence-corrected chi connectivity index (χ3v) is 9.32. The number of carbonyl (C=O) groups is 3. The quantitative estimate of drug-likeness (QED) is 0.139. The molecular formula is C35H52ClN3O8S. The molecule has 4 unspecified atom stereocenters. The molecular weight excluding hydrogens is 658 g/mol. The number of halogens is 1. The molecule has 2 rings (SSSR count). The Labute approximate surface area is 295 Å². The van der Waals surface area contributed by atoms with Gasteiger partial charge in [-0.25, -0.2) is 4.79 Å². The fourth-order valence-corrected chi connectivity index (χ4v) is 6.00. The number of carbonyl (C=O) groups excluding carboxylic acids is 2. The molecule has 11 nitrogen and oxygen atoms in total. The van der Waals surface area contributed by atoms with Crippen LogP contribution in [0.3, 0.4) is 0 Å². The minimum Gasteiger partial charge on any atom is -0.495 e. The summed E-state index contributed by atoms with van der Waals surface area (Å²) in [4.78, 5) is 41.1. The number of ether oxygens (including phenoxy) is 3. The van der Waals surface area contributed by atoms with E-state index in [2.05, 4.69) is 24.5 Å². The third kappa shape index (κ3) is 11.7. The van der Waals surface area contributed by atoms with Crippen LogP contribution in [0.25, 0.3) is 0 Å². The van der Waals surface area contributed by atoms with Crippen LogP contribution in [0, 0.1) is 5.92 Å². The van der Waals surface area contributed by atoms with Gasteiger partial charge in [0.2, 0.25) is 11.8 Å². The highest BCUT2D eigenvalue weighted by molar-refractivity contribution is 7.80. The second-order valence-corrected chi connectivity index (χ2v) is 13.3. The number of likely N-dealkylation sites (N-methyl/N-ethyl adjacent to an activating group) is 1. The summed E-state index contributed by atoms with van der Waals surface area (Å²) in [6.07, 6.45) is 4.53. The molecule has 1 aliphatic heterocycles. The number of methoxy groups -OCH3 is 2. The van der Waals surface area contributed by atoms with Crippen molar-refractivity contribution < 1.29 is 38.8 Å². The van der Waals surface area contributed by atoms with Crippen LogP contribution in [0.1, 0.15) is 64.9 Å². The van der Waals surface area contributed by atoms with Gasteiger partial charge in [-0.15, -0.1) is 0 Å². The lowest BCUT2D eigenvalue weighted by molar-refractivity contribution is -0.132. The first-order valence-electron chi connectivity index (χ1n) is 16.0. The molecule has 0 fully saturated rings. The largest absolute Gasteiger partial charge is 0.495 e. The van der Waals surface area contributed by atoms with Crippen molar-refractivity contribution >= 4 is 47.8 Å². The van der Waals surface area contributed by atoms with Crippen molar-refractivity contribution in [3.8, 4) is 5.75 Å². The Kier molecular flexibility index (Phi) is 16.3. The van der Waals surface area contributed by atoms with E-state index in [1.54, 1.807) is 31.1 Å². The number of carboxylic acid groups (broad SMARTS) is 1. The van der Waals surface area contributed by atoms with Crippen molar-refractivity contribution in [2.45, 2.75) is 89.7 Å². The average Bonchev–Trinajstić information content (AvgIpc) is 3.03. The lowest BCUT2D eigenvalue weighted by Crippen LogP contribution is -2.56. The van der Waals surface area contributed by atoms with E-state index in [9.17, 15) is 24.6 Å². The number of allylic oxidation sites excluding steroid dienone is 3. The predicted octanol–water partition coefficient (Wildman–Crippen LogP) is 5.99. The second-order valence-electron chi connectivity index (χ2n) is 12.5. The summed E-state index contributed by atoms with van der Waals surface area (Å²) >= 11 is 10.9. The van der Waals surface area contributed by atoms with Crippen LogP contribution in [0.5, 0.6) is 5.75 Å². The first-order valence-corrected chi connectivity index (χ1v) is 17.0. The number of amides is 3. The number of fused-ring (bicyclic) bond motifs is 2. The number of anilines is 1. The van der Waals surface area contributed by atoms with Crippen molar-refractivity contribution in [3.63, 3.8) is 0 Å². The summed E-state index contributed by atoms with van der Waals surface area (Å²) < 4.78 is 17.4. The molecule has 2 bridgehead atoms. The summed E-state index contributed by atoms with van der Waals surface area (Å²) in [5.74, 6) is 0.818. The van der Waals surface area contributed by atoms with E-state index in [1.165, 1.54) is 19.1 Å². The fraction of sp³-hybridized carbons (Fsp3) is 0.571. The van der Waals surface area contributed by atoms with Crippen LogP contribution in [0.2, 0.25) is 5.02 Å². The summed E-state index contributed by atoms with van der Waals surface area (Å²) in [6, 6.07) is 3.19. The maximum Gasteiger partial charge on any atom is 0.406 e. The molecule has 13 heteroatoms. The van der Waals surface area contributed by atoms with Crippen LogP contribution in [0.15, 0.2) is 48.3 Å². The van der Waals surface area contributed by atoms with Crippen LogP contribution < -0.4 is 15.0 Å². The molecule has 1 aromatic carbocycles. The van der Waals surface area contributed by atoms with Gasteiger partial charge >= 0.3 is 6.09 Å². The number of thiol groups is 1. The van der Waals surface area contributed by atoms with E-state index >= 15 is 0 Å². The zero-order valence-corrected chi connectivity index (χ0v) is 30.8. The molecule has 268 valence electrons. The number of nitrogens with one attached hydrogen (secondary N) is 1. The number of aliphatic hydroxyl groups is 1. The van der Waals surface area contributed by atoms with Crippen LogP contribution in [-0.4, -0.2) is 91.1 Å². The molecule has 3 amide bonds. The lowest BCUT2D eigenvalue weighted by atomic mass is 9.91. The number of hydrogen-bond acceptors (Lipinski definition) is 8. The van der Waals surface area contributed by atoms with Gasteiger partial charge in [-0.05, 0) is 75.3 Å². The first kappa shape index (κ1) is 41.0. The summed E-state index contributed by atoms with van der Waals surface area (Å²) in [7, 11) is 6.25. The summed E-state index contributed by atoms with van der Waals surface area (Å²) in [6.45, 7) is 9.81. The Morgan fingerprint density at radius 3 is 2.56 bits per heavy atom. The third-order valence-electron chi connectivity index (χ3n) is 8.72. The Bertz CT molecular complexity index is 1360. The van der Waals surface area contributed by atoms with Crippen molar-refractivity contribution in [1.82, 2.24) is 10.2 Å². The molecule has 0 saturated heterocycles. The topological polar surface area (TPSA) is 138 Å². The Balaban J connectivity index is 2.55. The molecule has 1 heterocycles. The van der Waals surface area contributed by atoms with Gasteiger partial charge in [0.25, 0.3) is 0 Å². The number of hydrogen-bond donors (Lipinski definition) is 4. The monoisotopic (exact) mass is 709 g/mol. The van der Waals surface area contributed by atoms with Gasteiger partial charge in [0.05, 0.1) is 25.3 Å². The average molecular weight is 710 g/mol. The van der Waals surface area contributed by atoms with Gasteiger partial charge in [-0.2, -0.15) is 12.6 Å². The highest BCUT2D eigenvalue weighted by atomic mass is 35.5. The molecule has 0 aromatic heterocycles. The van der Waals surface area contributed by atoms with E-state index in [-0.39, 0.29) is 37.0 Å². The molecule has 5 atom stereocenters. The van der Waals surface area contributed by atoms with E-state index in [1.807, 2.05) is 39.0 Å². The molecule has 3 N–H and O–H groups in total. The Morgan fingerprint density at radius 1 is 1.27 bits per heavy atom.